The summed E-state index contributed by atoms with van der Waals surface area (Å²) in [6.07, 6.45) is -0.797. The highest BCUT2D eigenvalue weighted by Gasteiger charge is 2.16. The second kappa shape index (κ2) is 8.84. The molecule has 138 valence electrons. The highest BCUT2D eigenvalue weighted by Crippen LogP contribution is 2.21. The van der Waals surface area contributed by atoms with Crippen molar-refractivity contribution in [2.24, 2.45) is 0 Å². The van der Waals surface area contributed by atoms with Crippen molar-refractivity contribution >= 4 is 11.8 Å². The fourth-order valence-corrected chi connectivity index (χ4v) is 2.04. The summed E-state index contributed by atoms with van der Waals surface area (Å²) in [4.78, 5) is 23.7. The smallest absolute Gasteiger partial charge is 0.279 e. The number of ether oxygens (including phenoxy) is 2. The van der Waals surface area contributed by atoms with E-state index in [2.05, 4.69) is 10.9 Å². The van der Waals surface area contributed by atoms with Crippen molar-refractivity contribution in [3.05, 3.63) is 59.4 Å². The lowest BCUT2D eigenvalue weighted by atomic mass is 10.1. The van der Waals surface area contributed by atoms with Crippen molar-refractivity contribution in [2.75, 3.05) is 6.61 Å². The number of aryl methyl sites for hydroxylation is 1. The van der Waals surface area contributed by atoms with Crippen LogP contribution in [0.2, 0.25) is 0 Å². The second-order valence-electron chi connectivity index (χ2n) is 5.74. The molecule has 2 N–H and O–H groups in total. The maximum atomic E-state index is 12.8. The van der Waals surface area contributed by atoms with Crippen LogP contribution in [0.3, 0.4) is 0 Å². The highest BCUT2D eigenvalue weighted by molar-refractivity contribution is 5.85. The van der Waals surface area contributed by atoms with Crippen molar-refractivity contribution in [1.29, 1.82) is 0 Å². The summed E-state index contributed by atoms with van der Waals surface area (Å²) in [7, 11) is 0. The van der Waals surface area contributed by atoms with Gasteiger partial charge in [-0.1, -0.05) is 12.1 Å². The van der Waals surface area contributed by atoms with E-state index in [4.69, 9.17) is 9.47 Å². The molecule has 0 radical (unpaired) electrons. The molecule has 0 fully saturated rings. The number of benzene rings is 2. The van der Waals surface area contributed by atoms with Crippen LogP contribution < -0.4 is 20.3 Å². The molecule has 26 heavy (non-hydrogen) atoms. The lowest BCUT2D eigenvalue weighted by Gasteiger charge is -2.17. The van der Waals surface area contributed by atoms with Crippen molar-refractivity contribution in [1.82, 2.24) is 10.9 Å². The van der Waals surface area contributed by atoms with Gasteiger partial charge in [0.25, 0.3) is 11.8 Å². The molecule has 0 aliphatic carbocycles. The first kappa shape index (κ1) is 19.2. The standard InChI is InChI=1S/C19H21FN2O4/c1-12-5-4-6-17(13(12)2)26-14(3)19(24)22-21-18(23)11-25-16-9-7-15(20)8-10-16/h4-10,14H,11H2,1-3H3,(H,21,23)(H,22,24)/t14-/m1/s1. The Morgan fingerprint density at radius 2 is 1.77 bits per heavy atom. The molecular formula is C19H21FN2O4. The zero-order valence-electron chi connectivity index (χ0n) is 14.8. The quantitative estimate of drug-likeness (QED) is 0.776. The molecule has 0 unspecified atom stereocenters. The van der Waals surface area contributed by atoms with Crippen LogP contribution >= 0.6 is 0 Å². The van der Waals surface area contributed by atoms with Crippen LogP contribution in [-0.4, -0.2) is 24.5 Å². The number of hydrazine groups is 1. The van der Waals surface area contributed by atoms with Gasteiger partial charge in [0.15, 0.2) is 12.7 Å². The Hall–Kier alpha value is -3.09. The summed E-state index contributed by atoms with van der Waals surface area (Å²) >= 11 is 0. The molecule has 2 aromatic rings. The largest absolute Gasteiger partial charge is 0.484 e. The summed E-state index contributed by atoms with van der Waals surface area (Å²) in [5.74, 6) is -0.493. The van der Waals surface area contributed by atoms with Gasteiger partial charge in [0, 0.05) is 0 Å². The van der Waals surface area contributed by atoms with Gasteiger partial charge in [0.2, 0.25) is 0 Å². The minimum atomic E-state index is -0.797. The van der Waals surface area contributed by atoms with Gasteiger partial charge < -0.3 is 9.47 Å². The normalized spacial score (nSPS) is 11.4. The van der Waals surface area contributed by atoms with Gasteiger partial charge in [-0.25, -0.2) is 4.39 Å². The van der Waals surface area contributed by atoms with Gasteiger partial charge in [-0.2, -0.15) is 0 Å². The first-order chi connectivity index (χ1) is 12.4. The Labute approximate surface area is 151 Å². The summed E-state index contributed by atoms with van der Waals surface area (Å²) in [5.41, 5.74) is 6.52. The fraction of sp³-hybridized carbons (Fsp3) is 0.263. The third-order valence-corrected chi connectivity index (χ3v) is 3.74. The first-order valence-electron chi connectivity index (χ1n) is 8.06. The van der Waals surface area contributed by atoms with Gasteiger partial charge in [-0.3, -0.25) is 20.4 Å². The first-order valence-corrected chi connectivity index (χ1v) is 8.06. The summed E-state index contributed by atoms with van der Waals surface area (Å²) < 4.78 is 23.6. The number of carbonyl (C=O) groups is 2. The summed E-state index contributed by atoms with van der Waals surface area (Å²) in [6, 6.07) is 10.8. The minimum absolute atomic E-state index is 0.321. The van der Waals surface area contributed by atoms with E-state index in [0.29, 0.717) is 11.5 Å². The topological polar surface area (TPSA) is 76.7 Å². The SMILES string of the molecule is Cc1cccc(O[C@H](C)C(=O)NNC(=O)COc2ccc(F)cc2)c1C. The van der Waals surface area contributed by atoms with Crippen molar-refractivity contribution in [3.8, 4) is 11.5 Å². The molecule has 2 amide bonds. The predicted molar refractivity (Wildman–Crippen MR) is 94.2 cm³/mol. The van der Waals surface area contributed by atoms with Gasteiger partial charge in [0.05, 0.1) is 0 Å². The Balaban J connectivity index is 1.77. The number of nitrogens with one attached hydrogen (secondary N) is 2. The zero-order valence-corrected chi connectivity index (χ0v) is 14.8. The van der Waals surface area contributed by atoms with E-state index in [1.165, 1.54) is 24.3 Å². The van der Waals surface area contributed by atoms with Gasteiger partial charge in [-0.15, -0.1) is 0 Å². The van der Waals surface area contributed by atoms with Crippen molar-refractivity contribution < 1.29 is 23.5 Å². The Kier molecular flexibility index (Phi) is 6.54. The monoisotopic (exact) mass is 360 g/mol. The van der Waals surface area contributed by atoms with Crippen LogP contribution in [-0.2, 0) is 9.59 Å². The molecule has 6 nitrogen and oxygen atoms in total. The molecule has 0 aliphatic rings. The minimum Gasteiger partial charge on any atom is -0.484 e. The van der Waals surface area contributed by atoms with E-state index in [1.807, 2.05) is 26.0 Å². The van der Waals surface area contributed by atoms with Crippen LogP contribution in [0.4, 0.5) is 4.39 Å². The number of amides is 2. The van der Waals surface area contributed by atoms with E-state index in [1.54, 1.807) is 13.0 Å². The van der Waals surface area contributed by atoms with E-state index >= 15 is 0 Å². The lowest BCUT2D eigenvalue weighted by Crippen LogP contribution is -2.48. The van der Waals surface area contributed by atoms with Gasteiger partial charge in [0.1, 0.15) is 17.3 Å². The molecule has 7 heteroatoms. The summed E-state index contributed by atoms with van der Waals surface area (Å²) in [6.45, 7) is 5.12. The van der Waals surface area contributed by atoms with Crippen LogP contribution in [0, 0.1) is 19.7 Å². The molecule has 0 saturated heterocycles. The molecule has 0 heterocycles. The van der Waals surface area contributed by atoms with E-state index < -0.39 is 23.7 Å². The third kappa shape index (κ3) is 5.47. The zero-order chi connectivity index (χ0) is 19.1. The number of hydrogen-bond acceptors (Lipinski definition) is 4. The van der Waals surface area contributed by atoms with Crippen LogP contribution in [0.25, 0.3) is 0 Å². The highest BCUT2D eigenvalue weighted by atomic mass is 19.1. The second-order valence-corrected chi connectivity index (χ2v) is 5.74. The Morgan fingerprint density at radius 3 is 2.46 bits per heavy atom. The van der Waals surface area contributed by atoms with Crippen LogP contribution in [0.5, 0.6) is 11.5 Å². The molecule has 2 aromatic carbocycles. The number of rotatable bonds is 6. The number of hydrogen-bond donors (Lipinski definition) is 2. The van der Waals surface area contributed by atoms with Crippen molar-refractivity contribution in [2.45, 2.75) is 26.9 Å². The molecule has 0 aromatic heterocycles. The van der Waals surface area contributed by atoms with Crippen molar-refractivity contribution in [3.63, 3.8) is 0 Å². The average Bonchev–Trinajstić information content (AvgIpc) is 2.63. The molecule has 0 aliphatic heterocycles. The maximum Gasteiger partial charge on any atom is 0.279 e. The third-order valence-electron chi connectivity index (χ3n) is 3.74. The molecule has 0 spiro atoms. The average molecular weight is 360 g/mol. The molecular weight excluding hydrogens is 339 g/mol. The Bertz CT molecular complexity index is 778. The van der Waals surface area contributed by atoms with Crippen LogP contribution in [0.15, 0.2) is 42.5 Å². The molecule has 0 saturated carbocycles. The maximum absolute atomic E-state index is 12.8. The van der Waals surface area contributed by atoms with E-state index in [0.717, 1.165) is 11.1 Å². The fourth-order valence-electron chi connectivity index (χ4n) is 2.04. The summed E-state index contributed by atoms with van der Waals surface area (Å²) in [5, 5.41) is 0. The lowest BCUT2D eigenvalue weighted by molar-refractivity contribution is -0.133. The molecule has 1 atom stereocenters. The molecule has 2 rings (SSSR count). The number of halogens is 1. The number of carbonyl (C=O) groups excluding carboxylic acids is 2. The van der Waals surface area contributed by atoms with Gasteiger partial charge in [-0.05, 0) is 62.2 Å². The molecule has 0 bridgehead atoms. The van der Waals surface area contributed by atoms with E-state index in [-0.39, 0.29) is 6.61 Å². The Morgan fingerprint density at radius 1 is 1.08 bits per heavy atom. The predicted octanol–water partition coefficient (Wildman–Crippen LogP) is 2.44. The van der Waals surface area contributed by atoms with E-state index in [9.17, 15) is 14.0 Å². The van der Waals surface area contributed by atoms with Gasteiger partial charge >= 0.3 is 0 Å². The van der Waals surface area contributed by atoms with Crippen LogP contribution in [0.1, 0.15) is 18.1 Å².